The third-order valence-electron chi connectivity index (χ3n) is 5.81. The summed E-state index contributed by atoms with van der Waals surface area (Å²) in [6.07, 6.45) is -1.30. The number of esters is 1. The number of morpholine rings is 1. The Balaban J connectivity index is 1.84. The number of amidine groups is 1. The lowest BCUT2D eigenvalue weighted by molar-refractivity contribution is -0.149. The molecule has 1 saturated heterocycles. The van der Waals surface area contributed by atoms with Crippen LogP contribution in [0.5, 0.6) is 0 Å². The molecule has 0 bridgehead atoms. The Kier molecular flexibility index (Phi) is 7.98. The van der Waals surface area contributed by atoms with E-state index in [9.17, 15) is 23.5 Å². The number of aliphatic carboxylic acids is 1. The molecular formula is C23H23ClF2N4O5S. The highest BCUT2D eigenvalue weighted by Crippen LogP contribution is 2.37. The number of rotatable bonds is 7. The fourth-order valence-electron chi connectivity index (χ4n) is 3.96. The quantitative estimate of drug-likeness (QED) is 0.515. The van der Waals surface area contributed by atoms with Gasteiger partial charge in [0.1, 0.15) is 24.1 Å². The highest BCUT2D eigenvalue weighted by Gasteiger charge is 2.37. The molecule has 13 heteroatoms. The largest absolute Gasteiger partial charge is 0.480 e. The average Bonchev–Trinajstić information content (AvgIpc) is 3.34. The lowest BCUT2D eigenvalue weighted by Crippen LogP contribution is -2.52. The van der Waals surface area contributed by atoms with Crippen LogP contribution in [0.2, 0.25) is 5.02 Å². The maximum atomic E-state index is 13.9. The van der Waals surface area contributed by atoms with Gasteiger partial charge >= 0.3 is 11.9 Å². The number of aromatic nitrogens is 1. The molecule has 0 saturated carbocycles. The van der Waals surface area contributed by atoms with Crippen molar-refractivity contribution >= 4 is 40.7 Å². The first-order valence-corrected chi connectivity index (χ1v) is 12.2. The number of nitrogens with one attached hydrogen (secondary N) is 1. The molecule has 2 aromatic rings. The highest BCUT2D eigenvalue weighted by atomic mass is 35.5. The first-order valence-electron chi connectivity index (χ1n) is 10.9. The van der Waals surface area contributed by atoms with E-state index in [1.807, 2.05) is 0 Å². The second kappa shape index (κ2) is 11.0. The zero-order chi connectivity index (χ0) is 26.0. The Bertz CT molecular complexity index is 1230. The van der Waals surface area contributed by atoms with Gasteiger partial charge < -0.3 is 19.9 Å². The molecule has 0 amide bonds. The Morgan fingerprint density at radius 2 is 2.22 bits per heavy atom. The molecule has 2 aliphatic rings. The molecule has 1 aromatic carbocycles. The Hall–Kier alpha value is -2.93. The van der Waals surface area contributed by atoms with E-state index in [1.165, 1.54) is 26.2 Å². The molecule has 3 heterocycles. The number of halogens is 3. The lowest BCUT2D eigenvalue weighted by Gasteiger charge is -2.35. The predicted molar refractivity (Wildman–Crippen MR) is 128 cm³/mol. The van der Waals surface area contributed by atoms with Crippen molar-refractivity contribution in [3.8, 4) is 0 Å². The number of ether oxygens (including phenoxy) is 2. The highest BCUT2D eigenvalue weighted by molar-refractivity contribution is 7.11. The van der Waals surface area contributed by atoms with Crippen molar-refractivity contribution in [2.24, 2.45) is 4.99 Å². The summed E-state index contributed by atoms with van der Waals surface area (Å²) in [6.45, 7) is 1.96. The normalized spacial score (nSPS) is 21.5. The minimum atomic E-state index is -1.30. The van der Waals surface area contributed by atoms with Crippen molar-refractivity contribution in [1.29, 1.82) is 0 Å². The fraction of sp³-hybridized carbons (Fsp3) is 0.391. The number of nitrogens with zero attached hydrogens (tertiary/aromatic N) is 3. The van der Waals surface area contributed by atoms with Gasteiger partial charge in [0.2, 0.25) is 0 Å². The monoisotopic (exact) mass is 540 g/mol. The van der Waals surface area contributed by atoms with Gasteiger partial charge in [0.15, 0.2) is 10.8 Å². The van der Waals surface area contributed by atoms with E-state index in [4.69, 9.17) is 21.1 Å². The van der Waals surface area contributed by atoms with Crippen molar-refractivity contribution in [2.75, 3.05) is 33.4 Å². The maximum absolute atomic E-state index is 13.9. The zero-order valence-corrected chi connectivity index (χ0v) is 20.9. The van der Waals surface area contributed by atoms with Crippen LogP contribution >= 0.6 is 22.9 Å². The Labute approximate surface area is 214 Å². The van der Waals surface area contributed by atoms with Gasteiger partial charge in [0.05, 0.1) is 31.6 Å². The van der Waals surface area contributed by atoms with Gasteiger partial charge in [-0.15, -0.1) is 11.3 Å². The van der Waals surface area contributed by atoms with E-state index < -0.39 is 36.0 Å². The second-order valence-corrected chi connectivity index (χ2v) is 9.41. The van der Waals surface area contributed by atoms with Crippen molar-refractivity contribution in [3.63, 3.8) is 0 Å². The second-order valence-electron chi connectivity index (χ2n) is 8.15. The summed E-state index contributed by atoms with van der Waals surface area (Å²) in [7, 11) is 1.21. The van der Waals surface area contributed by atoms with Gasteiger partial charge in [-0.3, -0.25) is 14.7 Å². The summed E-state index contributed by atoms with van der Waals surface area (Å²) in [5.41, 5.74) is 0.957. The summed E-state index contributed by atoms with van der Waals surface area (Å²) in [4.78, 5) is 35.4. The van der Waals surface area contributed by atoms with E-state index in [1.54, 1.807) is 10.3 Å². The standard InChI is InChI=1S/C23H23ClF2N4O5S/c1-11(25)16-10-36-21(28-16)20-27-15(8-30-5-6-35-9-17(30)22(31)32)18(23(33)34-2)19(29-20)13-4-3-12(26)7-14(13)24/h3-4,7,10-11,17,19H,5-6,8-9H2,1-2H3,(H,27,29)(H,31,32)/t11?,17-,19?/m0/s1. The van der Waals surface area contributed by atoms with Gasteiger partial charge in [0, 0.05) is 34.8 Å². The molecule has 4 rings (SSSR count). The fourth-order valence-corrected chi connectivity index (χ4v) is 5.08. The van der Waals surface area contributed by atoms with Gasteiger partial charge in [-0.05, 0) is 19.1 Å². The number of hydrogen-bond donors (Lipinski definition) is 2. The van der Waals surface area contributed by atoms with Gasteiger partial charge in [-0.1, -0.05) is 17.7 Å². The van der Waals surface area contributed by atoms with Crippen LogP contribution in [0.15, 0.2) is 39.8 Å². The van der Waals surface area contributed by atoms with Crippen molar-refractivity contribution in [3.05, 3.63) is 62.0 Å². The Morgan fingerprint density at radius 1 is 1.44 bits per heavy atom. The number of carboxylic acid groups (broad SMARTS) is 1. The van der Waals surface area contributed by atoms with Crippen molar-refractivity contribution in [2.45, 2.75) is 25.2 Å². The SMILES string of the molecule is COC(=O)C1=C(CN2CCOC[C@H]2C(=O)O)NC(c2nc(C(C)F)cs2)=NC1c1ccc(F)cc1Cl. The minimum Gasteiger partial charge on any atom is -0.480 e. The first kappa shape index (κ1) is 26.1. The number of carbonyl (C=O) groups is 2. The lowest BCUT2D eigenvalue weighted by atomic mass is 9.95. The average molecular weight is 541 g/mol. The van der Waals surface area contributed by atoms with E-state index in [-0.39, 0.29) is 35.3 Å². The van der Waals surface area contributed by atoms with Crippen LogP contribution in [0.4, 0.5) is 8.78 Å². The summed E-state index contributed by atoms with van der Waals surface area (Å²) in [6, 6.07) is 1.76. The number of carbonyl (C=O) groups excluding carboxylic acids is 1. The smallest absolute Gasteiger partial charge is 0.338 e. The molecule has 1 aromatic heterocycles. The van der Waals surface area contributed by atoms with Crippen LogP contribution in [0.25, 0.3) is 0 Å². The number of alkyl halides is 1. The number of benzene rings is 1. The van der Waals surface area contributed by atoms with E-state index in [0.717, 1.165) is 17.4 Å². The zero-order valence-electron chi connectivity index (χ0n) is 19.3. The van der Waals surface area contributed by atoms with Gasteiger partial charge in [-0.25, -0.2) is 18.6 Å². The van der Waals surface area contributed by atoms with Crippen LogP contribution in [0.1, 0.15) is 35.4 Å². The van der Waals surface area contributed by atoms with Gasteiger partial charge in [-0.2, -0.15) is 0 Å². The van der Waals surface area contributed by atoms with E-state index >= 15 is 0 Å². The van der Waals surface area contributed by atoms with E-state index in [2.05, 4.69) is 15.3 Å². The summed E-state index contributed by atoms with van der Waals surface area (Å²) in [5, 5.41) is 14.7. The topological polar surface area (TPSA) is 113 Å². The molecule has 9 nitrogen and oxygen atoms in total. The van der Waals surface area contributed by atoms with Crippen LogP contribution in [-0.2, 0) is 19.1 Å². The summed E-state index contributed by atoms with van der Waals surface area (Å²) < 4.78 is 38.0. The predicted octanol–water partition coefficient (Wildman–Crippen LogP) is 3.27. The maximum Gasteiger partial charge on any atom is 0.338 e. The molecule has 2 aliphatic heterocycles. The molecule has 0 radical (unpaired) electrons. The van der Waals surface area contributed by atoms with Crippen molar-refractivity contribution in [1.82, 2.24) is 15.2 Å². The molecule has 0 aliphatic carbocycles. The van der Waals surface area contributed by atoms with Gasteiger partial charge in [0.25, 0.3) is 0 Å². The summed E-state index contributed by atoms with van der Waals surface area (Å²) >= 11 is 7.50. The molecule has 2 N–H and O–H groups in total. The number of thiazole rings is 1. The number of carboxylic acids is 1. The van der Waals surface area contributed by atoms with Crippen molar-refractivity contribution < 1.29 is 33.0 Å². The molecule has 3 atom stereocenters. The van der Waals surface area contributed by atoms with Crippen LogP contribution in [0, 0.1) is 5.82 Å². The van der Waals surface area contributed by atoms with Crippen LogP contribution < -0.4 is 5.32 Å². The molecule has 192 valence electrons. The molecule has 0 spiro atoms. The summed E-state index contributed by atoms with van der Waals surface area (Å²) in [5.74, 6) is -2.12. The number of methoxy groups -OCH3 is 1. The third kappa shape index (κ3) is 5.41. The van der Waals surface area contributed by atoms with Crippen LogP contribution in [-0.4, -0.2) is 72.2 Å². The number of hydrogen-bond acceptors (Lipinski definition) is 9. The van der Waals surface area contributed by atoms with E-state index in [0.29, 0.717) is 29.4 Å². The molecule has 2 unspecified atom stereocenters. The first-order chi connectivity index (χ1) is 17.2. The Morgan fingerprint density at radius 3 is 2.86 bits per heavy atom. The minimum absolute atomic E-state index is 0.0108. The third-order valence-corrected chi connectivity index (χ3v) is 7.00. The molecular weight excluding hydrogens is 518 g/mol. The molecule has 36 heavy (non-hydrogen) atoms. The number of aliphatic imine (C=N–C) groups is 1. The molecule has 1 fully saturated rings. The van der Waals surface area contributed by atoms with Crippen LogP contribution in [0.3, 0.4) is 0 Å².